The second-order valence-corrected chi connectivity index (χ2v) is 8.28. The summed E-state index contributed by atoms with van der Waals surface area (Å²) in [6.07, 6.45) is 5.98. The number of amides is 2. The molecule has 2 fully saturated rings. The number of β-amino-alcohol motifs (C(OH)–C–C–N with tert-alkyl or cyclic N) is 1. The molecule has 3 aliphatic rings. The molecule has 0 spiro atoms. The molecule has 0 aromatic carbocycles. The number of nitrogens with two attached hydrogens (primary N) is 1. The molecule has 0 radical (unpaired) electrons. The van der Waals surface area contributed by atoms with E-state index in [4.69, 9.17) is 5.73 Å². The number of aliphatic hydroxyl groups is 1. The molecule has 5 atom stereocenters. The number of nitrogens with one attached hydrogen (secondary N) is 1. The summed E-state index contributed by atoms with van der Waals surface area (Å²) in [5.41, 5.74) is 5.53. The van der Waals surface area contributed by atoms with E-state index in [9.17, 15) is 14.7 Å². The number of aromatic nitrogens is 1. The minimum Gasteiger partial charge on any atom is -0.390 e. The quantitative estimate of drug-likeness (QED) is 0.538. The smallest absolute Gasteiger partial charge is 0.224 e. The standard InChI is InChI=1S/C21H29N5O3/c22-20(28)18-14-4-5-15(11-14)19(18)21(29)24-12-16(27)13-25-7-9-26(10-8-25)17-3-1-2-6-23-17/h1-6,14-16,18-19,27H,7-13H2,(H2,22,28)(H,24,29)/t14-,15+,16?,18?,19?/m1/s1. The first-order valence-electron chi connectivity index (χ1n) is 10.3. The van der Waals surface area contributed by atoms with E-state index in [2.05, 4.69) is 20.1 Å². The number of anilines is 1. The van der Waals surface area contributed by atoms with E-state index in [0.29, 0.717) is 6.54 Å². The number of carbonyl (C=O) groups excluding carboxylic acids is 2. The fourth-order valence-electron chi connectivity index (χ4n) is 4.97. The Labute approximate surface area is 170 Å². The third-order valence-corrected chi connectivity index (χ3v) is 6.42. The third kappa shape index (κ3) is 4.28. The van der Waals surface area contributed by atoms with Crippen molar-refractivity contribution in [2.45, 2.75) is 12.5 Å². The van der Waals surface area contributed by atoms with Gasteiger partial charge in [0.15, 0.2) is 0 Å². The van der Waals surface area contributed by atoms with Crippen LogP contribution in [0.1, 0.15) is 6.42 Å². The molecule has 156 valence electrons. The molecule has 2 amide bonds. The van der Waals surface area contributed by atoms with Gasteiger partial charge in [-0.2, -0.15) is 0 Å². The second-order valence-electron chi connectivity index (χ2n) is 8.28. The molecule has 8 heteroatoms. The van der Waals surface area contributed by atoms with E-state index in [-0.39, 0.29) is 24.3 Å². The van der Waals surface area contributed by atoms with Gasteiger partial charge in [0.25, 0.3) is 0 Å². The van der Waals surface area contributed by atoms with Crippen molar-refractivity contribution in [3.8, 4) is 0 Å². The Morgan fingerprint density at radius 1 is 1.17 bits per heavy atom. The van der Waals surface area contributed by atoms with Crippen molar-refractivity contribution in [2.75, 3.05) is 44.2 Å². The van der Waals surface area contributed by atoms with Crippen LogP contribution in [-0.2, 0) is 9.59 Å². The van der Waals surface area contributed by atoms with Crippen molar-refractivity contribution >= 4 is 17.6 Å². The van der Waals surface area contributed by atoms with Crippen molar-refractivity contribution < 1.29 is 14.7 Å². The van der Waals surface area contributed by atoms with Crippen molar-refractivity contribution in [1.29, 1.82) is 0 Å². The molecule has 2 aliphatic carbocycles. The van der Waals surface area contributed by atoms with Crippen LogP contribution >= 0.6 is 0 Å². The lowest BCUT2D eigenvalue weighted by Crippen LogP contribution is -2.51. The van der Waals surface area contributed by atoms with Crippen LogP contribution in [0, 0.1) is 23.7 Å². The average Bonchev–Trinajstić information content (AvgIpc) is 3.35. The number of piperazine rings is 1. The van der Waals surface area contributed by atoms with Gasteiger partial charge in [0, 0.05) is 45.5 Å². The highest BCUT2D eigenvalue weighted by molar-refractivity contribution is 5.89. The number of fused-ring (bicyclic) bond motifs is 2. The number of aliphatic hydroxyl groups excluding tert-OH is 1. The molecule has 1 aromatic rings. The Hall–Kier alpha value is -2.45. The number of pyridine rings is 1. The first-order chi connectivity index (χ1) is 14.0. The predicted molar refractivity (Wildman–Crippen MR) is 109 cm³/mol. The first kappa shape index (κ1) is 19.8. The predicted octanol–water partition coefficient (Wildman–Crippen LogP) is -0.396. The Morgan fingerprint density at radius 2 is 1.90 bits per heavy atom. The normalized spacial score (nSPS) is 29.8. The van der Waals surface area contributed by atoms with Crippen LogP contribution in [0.3, 0.4) is 0 Å². The second kappa shape index (κ2) is 8.51. The van der Waals surface area contributed by atoms with E-state index in [1.807, 2.05) is 30.4 Å². The molecule has 1 saturated heterocycles. The SMILES string of the molecule is NC(=O)C1C(C(=O)NCC(O)CN2CCN(c3ccccn3)CC2)[C@H]2C=C[C@@H]1C2. The summed E-state index contributed by atoms with van der Waals surface area (Å²) in [5, 5.41) is 13.2. The monoisotopic (exact) mass is 399 g/mol. The van der Waals surface area contributed by atoms with Crippen LogP contribution in [0.2, 0.25) is 0 Å². The fourth-order valence-corrected chi connectivity index (χ4v) is 4.97. The number of rotatable bonds is 7. The highest BCUT2D eigenvalue weighted by Crippen LogP contribution is 2.47. The molecular weight excluding hydrogens is 370 g/mol. The maximum Gasteiger partial charge on any atom is 0.224 e. The number of hydrogen-bond acceptors (Lipinski definition) is 6. The molecule has 8 nitrogen and oxygen atoms in total. The zero-order valence-corrected chi connectivity index (χ0v) is 16.5. The molecule has 3 unspecified atom stereocenters. The van der Waals surface area contributed by atoms with Gasteiger partial charge < -0.3 is 21.1 Å². The lowest BCUT2D eigenvalue weighted by molar-refractivity contribution is -0.134. The Kier molecular flexibility index (Phi) is 5.82. The molecule has 1 aliphatic heterocycles. The average molecular weight is 399 g/mol. The van der Waals surface area contributed by atoms with E-state index in [1.165, 1.54) is 0 Å². The molecular formula is C21H29N5O3. The lowest BCUT2D eigenvalue weighted by atomic mass is 9.82. The summed E-state index contributed by atoms with van der Waals surface area (Å²) in [7, 11) is 0. The number of carbonyl (C=O) groups is 2. The molecule has 1 aromatic heterocycles. The number of hydrogen-bond donors (Lipinski definition) is 3. The number of primary amides is 1. The summed E-state index contributed by atoms with van der Waals surface area (Å²) in [5.74, 6) is -0.289. The highest BCUT2D eigenvalue weighted by atomic mass is 16.3. The van der Waals surface area contributed by atoms with Crippen LogP contribution in [-0.4, -0.2) is 72.2 Å². The van der Waals surface area contributed by atoms with E-state index in [1.54, 1.807) is 6.20 Å². The van der Waals surface area contributed by atoms with Gasteiger partial charge in [0.2, 0.25) is 11.8 Å². The van der Waals surface area contributed by atoms with E-state index < -0.39 is 23.8 Å². The Balaban J connectivity index is 1.22. The van der Waals surface area contributed by atoms with Gasteiger partial charge >= 0.3 is 0 Å². The Bertz CT molecular complexity index is 763. The zero-order chi connectivity index (χ0) is 20.4. The van der Waals surface area contributed by atoms with Crippen LogP contribution in [0.15, 0.2) is 36.5 Å². The van der Waals surface area contributed by atoms with Crippen LogP contribution < -0.4 is 16.0 Å². The molecule has 2 bridgehead atoms. The topological polar surface area (TPSA) is 112 Å². The summed E-state index contributed by atoms with van der Waals surface area (Å²) < 4.78 is 0. The largest absolute Gasteiger partial charge is 0.390 e. The molecule has 1 saturated carbocycles. The minimum absolute atomic E-state index is 0.0774. The summed E-state index contributed by atoms with van der Waals surface area (Å²) in [6, 6.07) is 5.89. The first-order valence-corrected chi connectivity index (χ1v) is 10.3. The highest BCUT2D eigenvalue weighted by Gasteiger charge is 2.50. The van der Waals surface area contributed by atoms with Gasteiger partial charge in [-0.1, -0.05) is 18.2 Å². The van der Waals surface area contributed by atoms with Gasteiger partial charge in [-0.25, -0.2) is 4.98 Å². The molecule has 4 rings (SSSR count). The fraction of sp³-hybridized carbons (Fsp3) is 0.571. The minimum atomic E-state index is -0.651. The maximum atomic E-state index is 12.7. The Morgan fingerprint density at radius 3 is 2.55 bits per heavy atom. The van der Waals surface area contributed by atoms with Crippen LogP contribution in [0.5, 0.6) is 0 Å². The van der Waals surface area contributed by atoms with Crippen molar-refractivity contribution in [2.24, 2.45) is 29.4 Å². The number of allylic oxidation sites excluding steroid dienone is 2. The summed E-state index contributed by atoms with van der Waals surface area (Å²) >= 11 is 0. The van der Waals surface area contributed by atoms with Gasteiger partial charge in [-0.15, -0.1) is 0 Å². The lowest BCUT2D eigenvalue weighted by Gasteiger charge is -2.36. The van der Waals surface area contributed by atoms with Crippen molar-refractivity contribution in [3.05, 3.63) is 36.5 Å². The maximum absolute atomic E-state index is 12.7. The van der Waals surface area contributed by atoms with Crippen LogP contribution in [0.4, 0.5) is 5.82 Å². The van der Waals surface area contributed by atoms with Gasteiger partial charge in [-0.3, -0.25) is 14.5 Å². The van der Waals surface area contributed by atoms with E-state index >= 15 is 0 Å². The molecule has 4 N–H and O–H groups in total. The van der Waals surface area contributed by atoms with Crippen LogP contribution in [0.25, 0.3) is 0 Å². The van der Waals surface area contributed by atoms with Crippen molar-refractivity contribution in [1.82, 2.24) is 15.2 Å². The van der Waals surface area contributed by atoms with Gasteiger partial charge in [0.1, 0.15) is 5.82 Å². The molecule has 2 heterocycles. The third-order valence-electron chi connectivity index (χ3n) is 6.42. The molecule has 29 heavy (non-hydrogen) atoms. The summed E-state index contributed by atoms with van der Waals surface area (Å²) in [6.45, 7) is 4.07. The van der Waals surface area contributed by atoms with Gasteiger partial charge in [0.05, 0.1) is 17.9 Å². The van der Waals surface area contributed by atoms with Crippen molar-refractivity contribution in [3.63, 3.8) is 0 Å². The number of nitrogens with zero attached hydrogens (tertiary/aromatic N) is 3. The van der Waals surface area contributed by atoms with E-state index in [0.717, 1.165) is 38.4 Å². The summed E-state index contributed by atoms with van der Waals surface area (Å²) in [4.78, 5) is 33.2. The van der Waals surface area contributed by atoms with Gasteiger partial charge in [-0.05, 0) is 30.4 Å². The zero-order valence-electron chi connectivity index (χ0n) is 16.5.